The zero-order chi connectivity index (χ0) is 19.7. The van der Waals surface area contributed by atoms with Crippen molar-refractivity contribution in [2.45, 2.75) is 0 Å². The molecule has 3 aromatic carbocycles. The first kappa shape index (κ1) is 17.5. The number of nitrogen functional groups attached to an aromatic ring is 1. The largest absolute Gasteiger partial charge is 0.384 e. The number of hydrogen-bond acceptors (Lipinski definition) is 3. The van der Waals surface area contributed by atoms with Crippen molar-refractivity contribution >= 4 is 34.2 Å². The molecule has 0 radical (unpaired) electrons. The summed E-state index contributed by atoms with van der Waals surface area (Å²) in [5.74, 6) is -1.15. The molecule has 1 amide bonds. The molecule has 0 saturated heterocycles. The Hall–Kier alpha value is -3.93. The fourth-order valence-corrected chi connectivity index (χ4v) is 3.15. The van der Waals surface area contributed by atoms with Gasteiger partial charge in [-0.3, -0.25) is 14.2 Å². The minimum absolute atomic E-state index is 0.0506. The quantitative estimate of drug-likeness (QED) is 0.562. The van der Waals surface area contributed by atoms with E-state index in [0.717, 1.165) is 0 Å². The van der Waals surface area contributed by atoms with E-state index in [2.05, 4.69) is 5.32 Å². The summed E-state index contributed by atoms with van der Waals surface area (Å²) < 4.78 is 14.4. The number of halogens is 1. The van der Waals surface area contributed by atoms with Gasteiger partial charge in [0.1, 0.15) is 11.6 Å². The van der Waals surface area contributed by atoms with Crippen LogP contribution < -0.4 is 11.1 Å². The second-order valence-electron chi connectivity index (χ2n) is 6.24. The van der Waals surface area contributed by atoms with Crippen LogP contribution in [0.4, 0.5) is 15.9 Å². The molecule has 6 heteroatoms. The fraction of sp³-hybridized carbons (Fsp3) is 0. The van der Waals surface area contributed by atoms with E-state index in [-0.39, 0.29) is 17.3 Å². The lowest BCUT2D eigenvalue weighted by atomic mass is 10.1. The predicted octanol–water partition coefficient (Wildman–Crippen LogP) is 4.30. The van der Waals surface area contributed by atoms with Gasteiger partial charge in [0.15, 0.2) is 0 Å². The zero-order valence-electron chi connectivity index (χ0n) is 14.7. The van der Waals surface area contributed by atoms with Crippen molar-refractivity contribution in [3.05, 3.63) is 95.8 Å². The molecule has 28 heavy (non-hydrogen) atoms. The Morgan fingerprint density at radius 1 is 0.857 bits per heavy atom. The van der Waals surface area contributed by atoms with Gasteiger partial charge in [0.2, 0.25) is 0 Å². The van der Waals surface area contributed by atoms with Crippen LogP contribution in [0.5, 0.6) is 0 Å². The van der Waals surface area contributed by atoms with Gasteiger partial charge in [-0.2, -0.15) is 0 Å². The lowest BCUT2D eigenvalue weighted by molar-refractivity contribution is 0.0967. The number of nitrogens with two attached hydrogens (primary N) is 1. The van der Waals surface area contributed by atoms with Gasteiger partial charge < -0.3 is 11.1 Å². The third kappa shape index (κ3) is 3.01. The average Bonchev–Trinajstić information content (AvgIpc) is 3.01. The number of fused-ring (bicyclic) bond motifs is 1. The summed E-state index contributed by atoms with van der Waals surface area (Å²) >= 11 is 0. The normalized spacial score (nSPS) is 10.8. The topological polar surface area (TPSA) is 77.1 Å². The molecular weight excluding hydrogens is 357 g/mol. The van der Waals surface area contributed by atoms with Gasteiger partial charge in [-0.1, -0.05) is 36.4 Å². The fourth-order valence-electron chi connectivity index (χ4n) is 3.15. The van der Waals surface area contributed by atoms with E-state index >= 15 is 0 Å². The van der Waals surface area contributed by atoms with Crippen LogP contribution in [0.15, 0.2) is 78.9 Å². The third-order valence-corrected chi connectivity index (χ3v) is 4.46. The van der Waals surface area contributed by atoms with E-state index in [1.807, 2.05) is 6.07 Å². The Bertz CT molecular complexity index is 1180. The highest BCUT2D eigenvalue weighted by atomic mass is 19.1. The standard InChI is InChI=1S/C22H16FN3O2/c23-15-10-12-16(13-11-15)25-21(27)19-17-8-4-5-9-18(17)26(20(19)24)22(28)14-6-2-1-3-7-14/h1-13H,24H2,(H,25,27). The molecule has 4 rings (SSSR count). The molecule has 0 atom stereocenters. The smallest absolute Gasteiger partial charge is 0.263 e. The van der Waals surface area contributed by atoms with Crippen molar-refractivity contribution in [3.63, 3.8) is 0 Å². The monoisotopic (exact) mass is 373 g/mol. The Kier molecular flexibility index (Phi) is 4.37. The maximum absolute atomic E-state index is 13.1. The highest BCUT2D eigenvalue weighted by Gasteiger charge is 2.24. The molecule has 0 unspecified atom stereocenters. The number of hydrogen-bond donors (Lipinski definition) is 2. The first-order valence-electron chi connectivity index (χ1n) is 8.62. The van der Waals surface area contributed by atoms with Crippen LogP contribution in [0.2, 0.25) is 0 Å². The molecular formula is C22H16FN3O2. The second kappa shape index (κ2) is 7.00. The predicted molar refractivity (Wildman–Crippen MR) is 107 cm³/mol. The average molecular weight is 373 g/mol. The van der Waals surface area contributed by atoms with Crippen LogP contribution in [0.3, 0.4) is 0 Å². The highest BCUT2D eigenvalue weighted by molar-refractivity contribution is 6.19. The minimum Gasteiger partial charge on any atom is -0.384 e. The molecule has 5 nitrogen and oxygen atoms in total. The summed E-state index contributed by atoms with van der Waals surface area (Å²) in [7, 11) is 0. The minimum atomic E-state index is -0.472. The van der Waals surface area contributed by atoms with E-state index < -0.39 is 11.7 Å². The summed E-state index contributed by atoms with van der Waals surface area (Å²) in [6.07, 6.45) is 0. The summed E-state index contributed by atoms with van der Waals surface area (Å²) in [6.45, 7) is 0. The number of benzene rings is 3. The molecule has 0 bridgehead atoms. The van der Waals surface area contributed by atoms with Crippen LogP contribution in [0.1, 0.15) is 20.7 Å². The van der Waals surface area contributed by atoms with Crippen molar-refractivity contribution in [1.82, 2.24) is 4.57 Å². The molecule has 0 aliphatic heterocycles. The van der Waals surface area contributed by atoms with Crippen molar-refractivity contribution in [3.8, 4) is 0 Å². The molecule has 0 fully saturated rings. The van der Waals surface area contributed by atoms with Gasteiger partial charge in [-0.25, -0.2) is 4.39 Å². The molecule has 0 spiro atoms. The van der Waals surface area contributed by atoms with Crippen molar-refractivity contribution in [2.24, 2.45) is 0 Å². The molecule has 138 valence electrons. The van der Waals surface area contributed by atoms with Gasteiger partial charge in [-0.05, 0) is 42.5 Å². The molecule has 3 N–H and O–H groups in total. The van der Waals surface area contributed by atoms with E-state index in [4.69, 9.17) is 5.73 Å². The summed E-state index contributed by atoms with van der Waals surface area (Å²) in [5, 5.41) is 3.26. The van der Waals surface area contributed by atoms with Gasteiger partial charge >= 0.3 is 0 Å². The second-order valence-corrected chi connectivity index (χ2v) is 6.24. The molecule has 0 saturated carbocycles. The van der Waals surface area contributed by atoms with Crippen LogP contribution in [0, 0.1) is 5.82 Å². The number of para-hydroxylation sites is 1. The Morgan fingerprint density at radius 3 is 2.21 bits per heavy atom. The zero-order valence-corrected chi connectivity index (χ0v) is 14.7. The number of anilines is 2. The molecule has 0 aliphatic rings. The third-order valence-electron chi connectivity index (χ3n) is 4.46. The van der Waals surface area contributed by atoms with E-state index in [1.54, 1.807) is 48.5 Å². The lowest BCUT2D eigenvalue weighted by Gasteiger charge is -2.08. The van der Waals surface area contributed by atoms with E-state index in [0.29, 0.717) is 22.2 Å². The van der Waals surface area contributed by atoms with Gasteiger partial charge in [0.25, 0.3) is 11.8 Å². The number of carbonyl (C=O) groups is 2. The van der Waals surface area contributed by atoms with Crippen LogP contribution in [-0.2, 0) is 0 Å². The SMILES string of the molecule is Nc1c(C(=O)Nc2ccc(F)cc2)c2ccccc2n1C(=O)c1ccccc1. The van der Waals surface area contributed by atoms with Gasteiger partial charge in [-0.15, -0.1) is 0 Å². The Balaban J connectivity index is 1.81. The maximum atomic E-state index is 13.1. The number of nitrogens with zero attached hydrogens (tertiary/aromatic N) is 1. The lowest BCUT2D eigenvalue weighted by Crippen LogP contribution is -2.17. The number of rotatable bonds is 3. The molecule has 0 aliphatic carbocycles. The van der Waals surface area contributed by atoms with Crippen molar-refractivity contribution in [2.75, 3.05) is 11.1 Å². The maximum Gasteiger partial charge on any atom is 0.263 e. The Labute approximate surface area is 160 Å². The first-order chi connectivity index (χ1) is 13.6. The molecule has 1 heterocycles. The van der Waals surface area contributed by atoms with Crippen LogP contribution in [0.25, 0.3) is 10.9 Å². The number of amides is 1. The summed E-state index contributed by atoms with van der Waals surface area (Å²) in [5.41, 5.74) is 7.88. The van der Waals surface area contributed by atoms with Gasteiger partial charge in [0.05, 0.1) is 11.1 Å². The van der Waals surface area contributed by atoms with E-state index in [1.165, 1.54) is 28.8 Å². The number of carbonyl (C=O) groups excluding carboxylic acids is 2. The number of nitrogens with one attached hydrogen (secondary N) is 1. The Morgan fingerprint density at radius 2 is 1.50 bits per heavy atom. The molecule has 4 aromatic rings. The van der Waals surface area contributed by atoms with Crippen LogP contribution in [-0.4, -0.2) is 16.4 Å². The summed E-state index contributed by atoms with van der Waals surface area (Å²) in [4.78, 5) is 25.9. The highest BCUT2D eigenvalue weighted by Crippen LogP contribution is 2.30. The number of aromatic nitrogens is 1. The van der Waals surface area contributed by atoms with Gasteiger partial charge in [0, 0.05) is 16.6 Å². The van der Waals surface area contributed by atoms with Crippen molar-refractivity contribution < 1.29 is 14.0 Å². The molecule has 1 aromatic heterocycles. The van der Waals surface area contributed by atoms with Crippen LogP contribution >= 0.6 is 0 Å². The summed E-state index contributed by atoms with van der Waals surface area (Å²) in [6, 6.07) is 21.2. The van der Waals surface area contributed by atoms with Crippen molar-refractivity contribution in [1.29, 1.82) is 0 Å². The first-order valence-corrected chi connectivity index (χ1v) is 8.62. The van der Waals surface area contributed by atoms with E-state index in [9.17, 15) is 14.0 Å².